The van der Waals surface area contributed by atoms with E-state index in [1.165, 1.54) is 0 Å². The number of amides is 1. The minimum Gasteiger partial charge on any atom is -0.388 e. The first-order chi connectivity index (χ1) is 8.50. The summed E-state index contributed by atoms with van der Waals surface area (Å²) < 4.78 is 5.01. The van der Waals surface area contributed by atoms with E-state index in [0.29, 0.717) is 12.3 Å². The standard InChI is InChI=1S/C13H20N2O3/c1-9-11(10(2)18-15-9)7-12(16)14-8-13(17)5-3-4-6-13/h17H,3-8H2,1-2H3,(H,14,16). The first-order valence-electron chi connectivity index (χ1n) is 6.41. The quantitative estimate of drug-likeness (QED) is 0.845. The minimum atomic E-state index is -0.700. The maximum Gasteiger partial charge on any atom is 0.224 e. The van der Waals surface area contributed by atoms with Gasteiger partial charge < -0.3 is 14.9 Å². The first-order valence-corrected chi connectivity index (χ1v) is 6.41. The van der Waals surface area contributed by atoms with Gasteiger partial charge >= 0.3 is 0 Å². The second kappa shape index (κ2) is 5.10. The number of nitrogens with one attached hydrogen (secondary N) is 1. The van der Waals surface area contributed by atoms with E-state index in [1.54, 1.807) is 6.92 Å². The molecule has 0 unspecified atom stereocenters. The molecule has 100 valence electrons. The summed E-state index contributed by atoms with van der Waals surface area (Å²) in [5, 5.41) is 16.7. The monoisotopic (exact) mass is 252 g/mol. The lowest BCUT2D eigenvalue weighted by Crippen LogP contribution is -2.41. The molecule has 1 aromatic heterocycles. The van der Waals surface area contributed by atoms with Gasteiger partial charge in [0.2, 0.25) is 5.91 Å². The Bertz CT molecular complexity index is 414. The van der Waals surface area contributed by atoms with Crippen LogP contribution < -0.4 is 5.32 Å². The summed E-state index contributed by atoms with van der Waals surface area (Å²) in [6.07, 6.45) is 3.89. The van der Waals surface area contributed by atoms with Crippen LogP contribution in [0.5, 0.6) is 0 Å². The fourth-order valence-electron chi connectivity index (χ4n) is 2.45. The number of aliphatic hydroxyl groups is 1. The molecule has 5 heteroatoms. The van der Waals surface area contributed by atoms with Gasteiger partial charge in [-0.1, -0.05) is 18.0 Å². The van der Waals surface area contributed by atoms with Crippen LogP contribution in [-0.4, -0.2) is 28.3 Å². The van der Waals surface area contributed by atoms with Crippen molar-refractivity contribution in [2.45, 2.75) is 51.6 Å². The Kier molecular flexibility index (Phi) is 3.71. The van der Waals surface area contributed by atoms with E-state index < -0.39 is 5.60 Å². The van der Waals surface area contributed by atoms with Crippen molar-refractivity contribution in [2.24, 2.45) is 0 Å². The van der Waals surface area contributed by atoms with E-state index in [2.05, 4.69) is 10.5 Å². The lowest BCUT2D eigenvalue weighted by atomic mass is 10.0. The Balaban J connectivity index is 1.86. The highest BCUT2D eigenvalue weighted by molar-refractivity contribution is 5.79. The molecule has 0 saturated heterocycles. The van der Waals surface area contributed by atoms with Crippen LogP contribution in [0.25, 0.3) is 0 Å². The van der Waals surface area contributed by atoms with Crippen LogP contribution in [0.3, 0.4) is 0 Å². The number of aryl methyl sites for hydroxylation is 2. The van der Waals surface area contributed by atoms with E-state index >= 15 is 0 Å². The molecule has 1 saturated carbocycles. The zero-order chi connectivity index (χ0) is 13.2. The summed E-state index contributed by atoms with van der Waals surface area (Å²) in [6.45, 7) is 3.96. The molecule has 0 aromatic carbocycles. The van der Waals surface area contributed by atoms with Crippen LogP contribution in [0.2, 0.25) is 0 Å². The molecule has 1 heterocycles. The lowest BCUT2D eigenvalue weighted by Gasteiger charge is -2.22. The van der Waals surface area contributed by atoms with Crippen LogP contribution >= 0.6 is 0 Å². The number of rotatable bonds is 4. The molecule has 5 nitrogen and oxygen atoms in total. The number of nitrogens with zero attached hydrogens (tertiary/aromatic N) is 1. The van der Waals surface area contributed by atoms with E-state index in [4.69, 9.17) is 4.52 Å². The predicted molar refractivity (Wildman–Crippen MR) is 66.1 cm³/mol. The van der Waals surface area contributed by atoms with Crippen LogP contribution in [0.1, 0.15) is 42.7 Å². The second-order valence-electron chi connectivity index (χ2n) is 5.19. The number of carbonyl (C=O) groups is 1. The molecule has 1 amide bonds. The van der Waals surface area contributed by atoms with E-state index in [0.717, 1.165) is 36.9 Å². The molecule has 0 atom stereocenters. The summed E-state index contributed by atoms with van der Waals surface area (Å²) in [4.78, 5) is 11.8. The van der Waals surface area contributed by atoms with Crippen LogP contribution in [0.15, 0.2) is 4.52 Å². The van der Waals surface area contributed by atoms with Crippen molar-refractivity contribution in [1.82, 2.24) is 10.5 Å². The van der Waals surface area contributed by atoms with E-state index in [9.17, 15) is 9.90 Å². The molecular weight excluding hydrogens is 232 g/mol. The normalized spacial score (nSPS) is 17.9. The Morgan fingerprint density at radius 1 is 1.44 bits per heavy atom. The molecule has 2 rings (SSSR count). The summed E-state index contributed by atoms with van der Waals surface area (Å²) >= 11 is 0. The Hall–Kier alpha value is -1.36. The highest BCUT2D eigenvalue weighted by Gasteiger charge is 2.31. The molecule has 0 aliphatic heterocycles. The molecule has 18 heavy (non-hydrogen) atoms. The molecule has 1 aliphatic rings. The van der Waals surface area contributed by atoms with Gasteiger partial charge in [-0.15, -0.1) is 0 Å². The number of aromatic nitrogens is 1. The molecule has 0 radical (unpaired) electrons. The third-order valence-electron chi connectivity index (χ3n) is 3.67. The van der Waals surface area contributed by atoms with Crippen molar-refractivity contribution in [2.75, 3.05) is 6.54 Å². The summed E-state index contributed by atoms with van der Waals surface area (Å²) in [5.41, 5.74) is 0.891. The van der Waals surface area contributed by atoms with Gasteiger partial charge in [0.1, 0.15) is 5.76 Å². The highest BCUT2D eigenvalue weighted by Crippen LogP contribution is 2.28. The van der Waals surface area contributed by atoms with Gasteiger partial charge in [-0.2, -0.15) is 0 Å². The van der Waals surface area contributed by atoms with Gasteiger partial charge in [-0.25, -0.2) is 0 Å². The molecule has 0 spiro atoms. The number of hydrogen-bond acceptors (Lipinski definition) is 4. The summed E-state index contributed by atoms with van der Waals surface area (Å²) in [7, 11) is 0. The topological polar surface area (TPSA) is 75.4 Å². The summed E-state index contributed by atoms with van der Waals surface area (Å²) in [6, 6.07) is 0. The first kappa shape index (κ1) is 13.1. The summed E-state index contributed by atoms with van der Waals surface area (Å²) in [5.74, 6) is 0.590. The number of carbonyl (C=O) groups excluding carboxylic acids is 1. The average molecular weight is 252 g/mol. The van der Waals surface area contributed by atoms with Crippen molar-refractivity contribution in [3.63, 3.8) is 0 Å². The fourth-order valence-corrected chi connectivity index (χ4v) is 2.45. The third kappa shape index (κ3) is 2.90. The predicted octanol–water partition coefficient (Wildman–Crippen LogP) is 1.26. The van der Waals surface area contributed by atoms with Gasteiger partial charge in [0.25, 0.3) is 0 Å². The molecule has 0 bridgehead atoms. The van der Waals surface area contributed by atoms with Gasteiger partial charge in [0.05, 0.1) is 17.7 Å². The molecule has 1 aromatic rings. The molecule has 1 fully saturated rings. The zero-order valence-electron chi connectivity index (χ0n) is 11.0. The highest BCUT2D eigenvalue weighted by atomic mass is 16.5. The van der Waals surface area contributed by atoms with Crippen molar-refractivity contribution >= 4 is 5.91 Å². The van der Waals surface area contributed by atoms with Crippen molar-refractivity contribution in [3.05, 3.63) is 17.0 Å². The fraction of sp³-hybridized carbons (Fsp3) is 0.692. The zero-order valence-corrected chi connectivity index (χ0v) is 11.0. The Morgan fingerprint density at radius 2 is 2.11 bits per heavy atom. The van der Waals surface area contributed by atoms with Crippen molar-refractivity contribution < 1.29 is 14.4 Å². The van der Waals surface area contributed by atoms with Crippen LogP contribution in [0.4, 0.5) is 0 Å². The maximum absolute atomic E-state index is 11.8. The van der Waals surface area contributed by atoms with E-state index in [1.807, 2.05) is 6.92 Å². The van der Waals surface area contributed by atoms with Gasteiger partial charge in [-0.05, 0) is 26.7 Å². The largest absolute Gasteiger partial charge is 0.388 e. The van der Waals surface area contributed by atoms with Gasteiger partial charge in [0.15, 0.2) is 0 Å². The SMILES string of the molecule is Cc1noc(C)c1CC(=O)NCC1(O)CCCC1. The van der Waals surface area contributed by atoms with Crippen LogP contribution in [-0.2, 0) is 11.2 Å². The third-order valence-corrected chi connectivity index (χ3v) is 3.67. The average Bonchev–Trinajstić information content (AvgIpc) is 2.89. The van der Waals surface area contributed by atoms with Gasteiger partial charge in [0, 0.05) is 12.1 Å². The lowest BCUT2D eigenvalue weighted by molar-refractivity contribution is -0.121. The molecule has 1 aliphatic carbocycles. The van der Waals surface area contributed by atoms with Crippen LogP contribution in [0, 0.1) is 13.8 Å². The Labute approximate surface area is 107 Å². The smallest absolute Gasteiger partial charge is 0.224 e. The van der Waals surface area contributed by atoms with E-state index in [-0.39, 0.29) is 12.3 Å². The molecule has 2 N–H and O–H groups in total. The second-order valence-corrected chi connectivity index (χ2v) is 5.19. The minimum absolute atomic E-state index is 0.0928. The van der Waals surface area contributed by atoms with Crippen molar-refractivity contribution in [1.29, 1.82) is 0 Å². The van der Waals surface area contributed by atoms with Crippen molar-refractivity contribution in [3.8, 4) is 0 Å². The Morgan fingerprint density at radius 3 is 2.67 bits per heavy atom. The molecular formula is C13H20N2O3. The van der Waals surface area contributed by atoms with Gasteiger partial charge in [-0.3, -0.25) is 4.79 Å². The number of hydrogen-bond donors (Lipinski definition) is 2. The maximum atomic E-state index is 11.8.